The Kier molecular flexibility index (Phi) is 8.53. The van der Waals surface area contributed by atoms with E-state index in [2.05, 4.69) is 12.1 Å². The number of carboxylic acid groups (broad SMARTS) is 1. The molecule has 2 N–H and O–H groups in total. The molecule has 0 aromatic heterocycles. The van der Waals surface area contributed by atoms with Gasteiger partial charge in [-0.15, -0.1) is 0 Å². The number of carboxylic acids is 1. The molecule has 0 aliphatic carbocycles. The van der Waals surface area contributed by atoms with E-state index in [1.807, 2.05) is 97.1 Å². The van der Waals surface area contributed by atoms with E-state index in [9.17, 15) is 15.0 Å². The summed E-state index contributed by atoms with van der Waals surface area (Å²) in [5, 5.41) is 20.0. The fraction of sp³-hybridized carbons (Fsp3) is 0.219. The van der Waals surface area contributed by atoms with Gasteiger partial charge in [-0.1, -0.05) is 97.1 Å². The van der Waals surface area contributed by atoms with Crippen LogP contribution in [0.3, 0.4) is 0 Å². The Morgan fingerprint density at radius 2 is 1.25 bits per heavy atom. The maximum atomic E-state index is 12.5. The minimum Gasteiger partial charge on any atom is -0.489 e. The summed E-state index contributed by atoms with van der Waals surface area (Å²) in [5.41, 5.74) is 3.94. The predicted octanol–water partition coefficient (Wildman–Crippen LogP) is 6.66. The first-order chi connectivity index (χ1) is 17.6. The average Bonchev–Trinajstić information content (AvgIpc) is 2.93. The normalized spacial score (nSPS) is 12.6. The highest BCUT2D eigenvalue weighted by Gasteiger charge is 2.39. The van der Waals surface area contributed by atoms with Gasteiger partial charge in [0.2, 0.25) is 0 Å². The quantitative estimate of drug-likeness (QED) is 0.238. The van der Waals surface area contributed by atoms with Crippen molar-refractivity contribution < 1.29 is 19.7 Å². The Morgan fingerprint density at radius 1 is 0.694 bits per heavy atom. The summed E-state index contributed by atoms with van der Waals surface area (Å²) in [6, 6.07) is 35.7. The number of aliphatic hydroxyl groups excluding tert-OH is 1. The van der Waals surface area contributed by atoms with Crippen LogP contribution >= 0.6 is 0 Å². The fourth-order valence-corrected chi connectivity index (χ4v) is 4.65. The monoisotopic (exact) mass is 480 g/mol. The molecule has 36 heavy (non-hydrogen) atoms. The third-order valence-electron chi connectivity index (χ3n) is 6.73. The first kappa shape index (κ1) is 25.2. The van der Waals surface area contributed by atoms with Crippen LogP contribution in [0.1, 0.15) is 36.0 Å². The lowest BCUT2D eigenvalue weighted by atomic mass is 9.73. The summed E-state index contributed by atoms with van der Waals surface area (Å²) < 4.78 is 5.88. The zero-order valence-electron chi connectivity index (χ0n) is 20.3. The Balaban J connectivity index is 1.46. The van der Waals surface area contributed by atoms with Gasteiger partial charge < -0.3 is 14.9 Å². The molecule has 0 amide bonds. The molecule has 0 spiro atoms. The second-order valence-electron chi connectivity index (χ2n) is 9.08. The molecule has 4 rings (SSSR count). The van der Waals surface area contributed by atoms with Crippen LogP contribution in [0.15, 0.2) is 109 Å². The lowest BCUT2D eigenvalue weighted by Gasteiger charge is -2.30. The van der Waals surface area contributed by atoms with Crippen molar-refractivity contribution in [1.29, 1.82) is 0 Å². The lowest BCUT2D eigenvalue weighted by molar-refractivity contribution is -0.145. The summed E-state index contributed by atoms with van der Waals surface area (Å²) in [6.45, 7) is 0.338. The van der Waals surface area contributed by atoms with E-state index in [4.69, 9.17) is 4.74 Å². The molecule has 0 fully saturated rings. The van der Waals surface area contributed by atoms with E-state index >= 15 is 0 Å². The summed E-state index contributed by atoms with van der Waals surface area (Å²) in [4.78, 5) is 12.5. The summed E-state index contributed by atoms with van der Waals surface area (Å²) >= 11 is 0. The SMILES string of the molecule is O=C(O)C(CCO)(CCCc1ccccc1)c1ccc(-c2ccc(OCc3ccccc3)cc2)cc1. The Morgan fingerprint density at radius 3 is 1.81 bits per heavy atom. The summed E-state index contributed by atoms with van der Waals surface area (Å²) in [7, 11) is 0. The van der Waals surface area contributed by atoms with Crippen LogP contribution in [0.25, 0.3) is 11.1 Å². The topological polar surface area (TPSA) is 66.8 Å². The van der Waals surface area contributed by atoms with Crippen molar-refractivity contribution in [3.63, 3.8) is 0 Å². The van der Waals surface area contributed by atoms with E-state index in [1.54, 1.807) is 0 Å². The van der Waals surface area contributed by atoms with Gasteiger partial charge >= 0.3 is 5.97 Å². The van der Waals surface area contributed by atoms with E-state index < -0.39 is 11.4 Å². The van der Waals surface area contributed by atoms with Gasteiger partial charge in [0, 0.05) is 6.61 Å². The third kappa shape index (κ3) is 6.21. The van der Waals surface area contributed by atoms with Crippen LogP contribution in [0.5, 0.6) is 5.75 Å². The van der Waals surface area contributed by atoms with Gasteiger partial charge in [0.1, 0.15) is 12.4 Å². The van der Waals surface area contributed by atoms with Gasteiger partial charge in [-0.05, 0) is 65.6 Å². The summed E-state index contributed by atoms with van der Waals surface area (Å²) in [6.07, 6.45) is 2.18. The number of rotatable bonds is 12. The van der Waals surface area contributed by atoms with Gasteiger partial charge in [0.05, 0.1) is 5.41 Å². The fourth-order valence-electron chi connectivity index (χ4n) is 4.65. The van der Waals surface area contributed by atoms with E-state index in [1.165, 1.54) is 5.56 Å². The molecule has 4 nitrogen and oxygen atoms in total. The molecule has 0 saturated heterocycles. The highest BCUT2D eigenvalue weighted by molar-refractivity contribution is 5.82. The molecule has 0 aliphatic rings. The van der Waals surface area contributed by atoms with Crippen LogP contribution < -0.4 is 4.74 Å². The van der Waals surface area contributed by atoms with Crippen molar-refractivity contribution in [2.45, 2.75) is 37.7 Å². The van der Waals surface area contributed by atoms with Gasteiger partial charge in [-0.3, -0.25) is 4.79 Å². The van der Waals surface area contributed by atoms with Crippen molar-refractivity contribution in [2.75, 3.05) is 6.61 Å². The maximum absolute atomic E-state index is 12.5. The maximum Gasteiger partial charge on any atom is 0.314 e. The van der Waals surface area contributed by atoms with Crippen LogP contribution in [-0.2, 0) is 23.2 Å². The Hall–Kier alpha value is -3.89. The molecule has 4 aromatic carbocycles. The molecular formula is C32H32O4. The van der Waals surface area contributed by atoms with E-state index in [-0.39, 0.29) is 13.0 Å². The zero-order chi connectivity index (χ0) is 25.2. The standard InChI is InChI=1S/C32H32O4/c33-23-22-32(31(34)35,21-7-12-25-8-3-1-4-9-25)29-17-13-27(14-18-29)28-15-19-30(20-16-28)36-24-26-10-5-2-6-11-26/h1-6,8-11,13-20,33H,7,12,21-24H2,(H,34,35). The molecule has 0 radical (unpaired) electrons. The molecule has 0 aliphatic heterocycles. The molecule has 0 heterocycles. The van der Waals surface area contributed by atoms with Crippen molar-refractivity contribution in [2.24, 2.45) is 0 Å². The first-order valence-electron chi connectivity index (χ1n) is 12.4. The molecule has 4 heteroatoms. The smallest absolute Gasteiger partial charge is 0.314 e. The minimum atomic E-state index is -1.11. The second-order valence-corrected chi connectivity index (χ2v) is 9.08. The second kappa shape index (κ2) is 12.2. The van der Waals surface area contributed by atoms with Crippen molar-refractivity contribution >= 4 is 5.97 Å². The number of aliphatic hydroxyl groups is 1. The number of aliphatic carboxylic acids is 1. The number of carbonyl (C=O) groups is 1. The van der Waals surface area contributed by atoms with E-state index in [0.717, 1.165) is 40.8 Å². The molecular weight excluding hydrogens is 448 g/mol. The van der Waals surface area contributed by atoms with E-state index in [0.29, 0.717) is 13.0 Å². The molecule has 0 bridgehead atoms. The van der Waals surface area contributed by atoms with Gasteiger partial charge in [-0.2, -0.15) is 0 Å². The van der Waals surface area contributed by atoms with Crippen molar-refractivity contribution in [3.8, 4) is 16.9 Å². The highest BCUT2D eigenvalue weighted by Crippen LogP contribution is 2.35. The Labute approximate surface area is 212 Å². The van der Waals surface area contributed by atoms with Gasteiger partial charge in [0.15, 0.2) is 0 Å². The Bertz CT molecular complexity index is 1220. The number of hydrogen-bond donors (Lipinski definition) is 2. The minimum absolute atomic E-state index is 0.177. The van der Waals surface area contributed by atoms with Crippen molar-refractivity contribution in [1.82, 2.24) is 0 Å². The molecule has 0 saturated carbocycles. The van der Waals surface area contributed by atoms with Crippen LogP contribution in [0, 0.1) is 0 Å². The molecule has 184 valence electrons. The zero-order valence-corrected chi connectivity index (χ0v) is 20.3. The van der Waals surface area contributed by atoms with Gasteiger partial charge in [-0.25, -0.2) is 0 Å². The molecule has 1 atom stereocenters. The third-order valence-corrected chi connectivity index (χ3v) is 6.73. The predicted molar refractivity (Wildman–Crippen MR) is 143 cm³/mol. The molecule has 1 unspecified atom stereocenters. The largest absolute Gasteiger partial charge is 0.489 e. The average molecular weight is 481 g/mol. The number of aryl methyl sites for hydroxylation is 1. The highest BCUT2D eigenvalue weighted by atomic mass is 16.5. The number of ether oxygens (including phenoxy) is 1. The van der Waals surface area contributed by atoms with Crippen LogP contribution in [0.2, 0.25) is 0 Å². The number of hydrogen-bond acceptors (Lipinski definition) is 3. The number of benzene rings is 4. The molecule has 4 aromatic rings. The first-order valence-corrected chi connectivity index (χ1v) is 12.4. The van der Waals surface area contributed by atoms with Crippen LogP contribution in [-0.4, -0.2) is 22.8 Å². The van der Waals surface area contributed by atoms with Crippen molar-refractivity contribution in [3.05, 3.63) is 126 Å². The van der Waals surface area contributed by atoms with Crippen LogP contribution in [0.4, 0.5) is 0 Å². The van der Waals surface area contributed by atoms with Gasteiger partial charge in [0.25, 0.3) is 0 Å². The lowest BCUT2D eigenvalue weighted by Crippen LogP contribution is -2.37. The summed E-state index contributed by atoms with van der Waals surface area (Å²) in [5.74, 6) is -0.0947.